The second-order valence-corrected chi connectivity index (χ2v) is 8.71. The molecule has 0 heterocycles. The Balaban J connectivity index is 1.52. The lowest BCUT2D eigenvalue weighted by molar-refractivity contribution is -0.384. The van der Waals surface area contributed by atoms with Crippen molar-refractivity contribution < 1.29 is 14.5 Å². The van der Waals surface area contributed by atoms with Gasteiger partial charge in [0.1, 0.15) is 12.4 Å². The molecule has 10 heteroatoms. The molecule has 3 aromatic rings. The highest BCUT2D eigenvalue weighted by Crippen LogP contribution is 2.23. The topological polar surface area (TPSA) is 106 Å². The van der Waals surface area contributed by atoms with Gasteiger partial charge in [-0.2, -0.15) is 5.10 Å². The van der Waals surface area contributed by atoms with E-state index in [1.54, 1.807) is 24.3 Å². The number of hydrogen-bond donors (Lipinski definition) is 2. The number of anilines is 1. The number of carbonyl (C=O) groups is 1. The summed E-state index contributed by atoms with van der Waals surface area (Å²) in [6.45, 7) is 2.23. The van der Waals surface area contributed by atoms with Crippen molar-refractivity contribution in [3.8, 4) is 5.75 Å². The summed E-state index contributed by atoms with van der Waals surface area (Å²) in [6, 6.07) is 16.8. The number of nitro groups is 1. The lowest BCUT2D eigenvalue weighted by Crippen LogP contribution is -2.24. The van der Waals surface area contributed by atoms with Crippen molar-refractivity contribution in [2.24, 2.45) is 5.10 Å². The Bertz CT molecular complexity index is 1170. The van der Waals surface area contributed by atoms with E-state index < -0.39 is 11.0 Å². The highest BCUT2D eigenvalue weighted by atomic mass is 127. The zero-order chi connectivity index (χ0) is 23.1. The van der Waals surface area contributed by atoms with Crippen LogP contribution >= 0.6 is 38.5 Å². The summed E-state index contributed by atoms with van der Waals surface area (Å²) in [7, 11) is 0. The van der Waals surface area contributed by atoms with E-state index in [9.17, 15) is 14.9 Å². The summed E-state index contributed by atoms with van der Waals surface area (Å²) >= 11 is 5.57. The number of rotatable bonds is 7. The van der Waals surface area contributed by atoms with Gasteiger partial charge in [-0.1, -0.05) is 15.9 Å². The lowest BCUT2D eigenvalue weighted by Gasteiger charge is -2.09. The largest absolute Gasteiger partial charge is 0.488 e. The molecule has 3 rings (SSSR count). The normalized spacial score (nSPS) is 10.7. The van der Waals surface area contributed by atoms with Gasteiger partial charge in [0.2, 0.25) is 0 Å². The molecule has 0 bridgehead atoms. The van der Waals surface area contributed by atoms with Gasteiger partial charge in [0, 0.05) is 22.3 Å². The Morgan fingerprint density at radius 1 is 1.19 bits per heavy atom. The van der Waals surface area contributed by atoms with Crippen LogP contribution in [0.1, 0.15) is 16.7 Å². The molecule has 0 spiro atoms. The maximum atomic E-state index is 12.0. The molecule has 0 atom stereocenters. The van der Waals surface area contributed by atoms with Crippen LogP contribution in [0.15, 0.2) is 70.2 Å². The Kier molecular flexibility index (Phi) is 8.17. The van der Waals surface area contributed by atoms with Crippen LogP contribution in [0.2, 0.25) is 0 Å². The Hall–Kier alpha value is -2.99. The van der Waals surface area contributed by atoms with Crippen LogP contribution in [0.3, 0.4) is 0 Å². The average Bonchev–Trinajstić information content (AvgIpc) is 2.76. The average molecular weight is 609 g/mol. The van der Waals surface area contributed by atoms with E-state index in [1.165, 1.54) is 18.3 Å². The minimum atomic E-state index is -0.444. The summed E-state index contributed by atoms with van der Waals surface area (Å²) in [4.78, 5) is 22.3. The third kappa shape index (κ3) is 6.76. The van der Waals surface area contributed by atoms with Crippen LogP contribution in [0.5, 0.6) is 5.75 Å². The maximum absolute atomic E-state index is 12.0. The molecule has 2 N–H and O–H groups in total. The van der Waals surface area contributed by atoms with Crippen LogP contribution in [-0.4, -0.2) is 17.2 Å². The minimum Gasteiger partial charge on any atom is -0.488 e. The molecule has 0 aliphatic rings. The van der Waals surface area contributed by atoms with Gasteiger partial charge in [-0.05, 0) is 94.7 Å². The monoisotopic (exact) mass is 608 g/mol. The molecule has 2 amide bonds. The number of urea groups is 1. The number of nitrogens with one attached hydrogen (secondary N) is 2. The molecule has 0 radical (unpaired) electrons. The van der Waals surface area contributed by atoms with Gasteiger partial charge in [-0.25, -0.2) is 10.2 Å². The molecule has 8 nitrogen and oxygen atoms in total. The number of ether oxygens (including phenoxy) is 1. The highest BCUT2D eigenvalue weighted by molar-refractivity contribution is 14.1. The van der Waals surface area contributed by atoms with Gasteiger partial charge in [-0.3, -0.25) is 10.1 Å². The third-order valence-electron chi connectivity index (χ3n) is 4.29. The predicted molar refractivity (Wildman–Crippen MR) is 135 cm³/mol. The molecule has 0 saturated carbocycles. The molecular formula is C22H18BrIN4O4. The third-order valence-corrected chi connectivity index (χ3v) is 6.03. The fourth-order valence-corrected chi connectivity index (χ4v) is 3.58. The molecule has 0 aliphatic heterocycles. The first-order chi connectivity index (χ1) is 15.3. The zero-order valence-electron chi connectivity index (χ0n) is 16.8. The van der Waals surface area contributed by atoms with Crippen molar-refractivity contribution in [3.63, 3.8) is 0 Å². The van der Waals surface area contributed by atoms with Crippen LogP contribution in [0, 0.1) is 20.6 Å². The first-order valence-corrected chi connectivity index (χ1v) is 11.2. The van der Waals surface area contributed by atoms with E-state index in [2.05, 4.69) is 54.4 Å². The van der Waals surface area contributed by atoms with Crippen molar-refractivity contribution >= 4 is 62.1 Å². The molecule has 164 valence electrons. The van der Waals surface area contributed by atoms with Gasteiger partial charge < -0.3 is 10.1 Å². The van der Waals surface area contributed by atoms with E-state index in [0.717, 1.165) is 24.7 Å². The van der Waals surface area contributed by atoms with Crippen LogP contribution in [-0.2, 0) is 6.61 Å². The van der Waals surface area contributed by atoms with E-state index in [1.807, 2.05) is 31.2 Å². The molecule has 0 aliphatic carbocycles. The molecule has 0 saturated heterocycles. The second-order valence-electron chi connectivity index (χ2n) is 6.69. The standard InChI is InChI=1S/C22H18BrIN4O4/c1-14-10-17(5-8-19(14)23)26-22(29)27-25-12-16-4-9-21(20(24)11-16)32-13-15-2-6-18(7-3-15)28(30)31/h2-12H,13H2,1H3,(H2,26,27,29)/b25-12+. The van der Waals surface area contributed by atoms with Crippen molar-refractivity contribution in [3.05, 3.63) is 95.5 Å². The minimum absolute atomic E-state index is 0.0428. The molecule has 32 heavy (non-hydrogen) atoms. The number of amides is 2. The van der Waals surface area contributed by atoms with Crippen LogP contribution < -0.4 is 15.5 Å². The van der Waals surface area contributed by atoms with Gasteiger partial charge >= 0.3 is 6.03 Å². The van der Waals surface area contributed by atoms with E-state index in [4.69, 9.17) is 4.74 Å². The van der Waals surface area contributed by atoms with Crippen molar-refractivity contribution in [1.82, 2.24) is 5.43 Å². The number of hydrogen-bond acceptors (Lipinski definition) is 5. The number of nitro benzene ring substituents is 1. The second kappa shape index (κ2) is 11.0. The fourth-order valence-electron chi connectivity index (χ4n) is 2.64. The number of hydrazone groups is 1. The van der Waals surface area contributed by atoms with Gasteiger partial charge in [-0.15, -0.1) is 0 Å². The summed E-state index contributed by atoms with van der Waals surface area (Å²) in [6.07, 6.45) is 1.54. The SMILES string of the molecule is Cc1cc(NC(=O)N/N=C/c2ccc(OCc3ccc([N+](=O)[O-])cc3)c(I)c2)ccc1Br. The number of carbonyl (C=O) groups excluding carboxylic acids is 1. The highest BCUT2D eigenvalue weighted by Gasteiger charge is 2.06. The van der Waals surface area contributed by atoms with Crippen molar-refractivity contribution in [1.29, 1.82) is 0 Å². The summed E-state index contributed by atoms with van der Waals surface area (Å²) in [5.74, 6) is 0.678. The van der Waals surface area contributed by atoms with Gasteiger partial charge in [0.25, 0.3) is 5.69 Å². The predicted octanol–water partition coefficient (Wildman–Crippen LogP) is 6.00. The first kappa shape index (κ1) is 23.7. The van der Waals surface area contributed by atoms with Crippen LogP contribution in [0.4, 0.5) is 16.2 Å². The Labute approximate surface area is 206 Å². The Morgan fingerprint density at radius 2 is 1.94 bits per heavy atom. The van der Waals surface area contributed by atoms with Gasteiger partial charge in [0.15, 0.2) is 0 Å². The first-order valence-electron chi connectivity index (χ1n) is 9.34. The number of halogens is 2. The number of non-ortho nitro benzene ring substituents is 1. The smallest absolute Gasteiger partial charge is 0.339 e. The summed E-state index contributed by atoms with van der Waals surface area (Å²) < 4.78 is 7.63. The van der Waals surface area contributed by atoms with Crippen molar-refractivity contribution in [2.75, 3.05) is 5.32 Å². The van der Waals surface area contributed by atoms with E-state index in [0.29, 0.717) is 18.0 Å². The Morgan fingerprint density at radius 3 is 2.59 bits per heavy atom. The lowest BCUT2D eigenvalue weighted by atomic mass is 10.2. The number of benzene rings is 3. The molecular weight excluding hydrogens is 591 g/mol. The molecule has 0 fully saturated rings. The molecule has 3 aromatic carbocycles. The molecule has 0 aromatic heterocycles. The van der Waals surface area contributed by atoms with Gasteiger partial charge in [0.05, 0.1) is 14.7 Å². The quantitative estimate of drug-likeness (QED) is 0.148. The summed E-state index contributed by atoms with van der Waals surface area (Å²) in [5.41, 5.74) is 5.77. The zero-order valence-corrected chi connectivity index (χ0v) is 20.6. The van der Waals surface area contributed by atoms with E-state index in [-0.39, 0.29) is 5.69 Å². The number of nitrogens with zero attached hydrogens (tertiary/aromatic N) is 2. The maximum Gasteiger partial charge on any atom is 0.339 e. The summed E-state index contributed by atoms with van der Waals surface area (Å²) in [5, 5.41) is 17.4. The van der Waals surface area contributed by atoms with Crippen LogP contribution in [0.25, 0.3) is 0 Å². The van der Waals surface area contributed by atoms with Crippen molar-refractivity contribution in [2.45, 2.75) is 13.5 Å². The number of aryl methyl sites for hydroxylation is 1. The fraction of sp³-hybridized carbons (Fsp3) is 0.0909. The molecule has 0 unspecified atom stereocenters. The van der Waals surface area contributed by atoms with E-state index >= 15 is 0 Å².